The van der Waals surface area contributed by atoms with E-state index in [1.165, 1.54) is 12.5 Å². The molecule has 0 N–H and O–H groups in total. The van der Waals surface area contributed by atoms with Crippen LogP contribution in [-0.2, 0) is 23.9 Å². The first-order valence-electron chi connectivity index (χ1n) is 11.3. The summed E-state index contributed by atoms with van der Waals surface area (Å²) in [5, 5.41) is 0. The molecular formula is C24H30O5. The van der Waals surface area contributed by atoms with Crippen LogP contribution in [0.1, 0.15) is 59.8 Å². The van der Waals surface area contributed by atoms with Crippen molar-refractivity contribution in [3.8, 4) is 0 Å². The average molecular weight is 398 g/mol. The number of ether oxygens (including phenoxy) is 2. The van der Waals surface area contributed by atoms with Crippen molar-refractivity contribution in [2.75, 3.05) is 0 Å². The molecule has 6 rings (SSSR count). The van der Waals surface area contributed by atoms with Gasteiger partial charge in [-0.15, -0.1) is 0 Å². The van der Waals surface area contributed by atoms with E-state index in [0.29, 0.717) is 35.9 Å². The first kappa shape index (κ1) is 18.3. The SMILES string of the molecule is CC(=O)O[C@@]1(C(C)=O)CC[C@@H]2[C@H]3[C@H]4O[C@H]4C4=CC(=O)[C@H]5C[C@H]5[C@@]4(C)[C@@H]3CC[C@]21C. The zero-order valence-corrected chi connectivity index (χ0v) is 17.7. The van der Waals surface area contributed by atoms with Crippen LogP contribution in [0.2, 0.25) is 0 Å². The van der Waals surface area contributed by atoms with Crippen LogP contribution < -0.4 is 0 Å². The number of esters is 1. The smallest absolute Gasteiger partial charge is 0.303 e. The zero-order valence-electron chi connectivity index (χ0n) is 17.7. The number of carbonyl (C=O) groups is 3. The highest BCUT2D eigenvalue weighted by molar-refractivity contribution is 5.96. The standard InChI is InChI=1S/C24H30O5/c1-11(25)24(29-12(2)26)8-6-14-19-15(5-7-22(14,24)3)23(4)16-9-13(16)18(27)10-17(23)20-21(19)28-20/h10,13-16,19-21H,5-9H2,1-4H3/t13-,14+,15+,16+,19+,20-,21+,22+,23+,24+/m0/s1. The summed E-state index contributed by atoms with van der Waals surface area (Å²) in [5.41, 5.74) is -0.0364. The van der Waals surface area contributed by atoms with Gasteiger partial charge >= 0.3 is 5.97 Å². The van der Waals surface area contributed by atoms with Gasteiger partial charge in [-0.2, -0.15) is 0 Å². The molecule has 5 nitrogen and oxygen atoms in total. The Kier molecular flexibility index (Phi) is 3.29. The van der Waals surface area contributed by atoms with E-state index >= 15 is 0 Å². The summed E-state index contributed by atoms with van der Waals surface area (Å²) in [7, 11) is 0. The van der Waals surface area contributed by atoms with Crippen molar-refractivity contribution >= 4 is 17.5 Å². The minimum atomic E-state index is -0.999. The van der Waals surface area contributed by atoms with Crippen molar-refractivity contribution in [2.24, 2.45) is 40.4 Å². The topological polar surface area (TPSA) is 73.0 Å². The normalized spacial score (nSPS) is 56.1. The summed E-state index contributed by atoms with van der Waals surface area (Å²) in [6, 6.07) is 0. The Morgan fingerprint density at radius 3 is 2.52 bits per heavy atom. The Hall–Kier alpha value is -1.49. The minimum absolute atomic E-state index is 0.0162. The molecule has 0 spiro atoms. The first-order valence-corrected chi connectivity index (χ1v) is 11.3. The highest BCUT2D eigenvalue weighted by Gasteiger charge is 2.76. The summed E-state index contributed by atoms with van der Waals surface area (Å²) in [6.07, 6.45) is 6.59. The van der Waals surface area contributed by atoms with Gasteiger partial charge in [0.25, 0.3) is 0 Å². The fraction of sp³-hybridized carbons (Fsp3) is 0.792. The Morgan fingerprint density at radius 2 is 1.83 bits per heavy atom. The predicted octanol–water partition coefficient (Wildman–Crippen LogP) is 3.25. The van der Waals surface area contributed by atoms with E-state index in [1.807, 2.05) is 6.08 Å². The van der Waals surface area contributed by atoms with Crippen molar-refractivity contribution in [1.82, 2.24) is 0 Å². The molecule has 4 saturated carbocycles. The first-order chi connectivity index (χ1) is 13.6. The van der Waals surface area contributed by atoms with E-state index in [-0.39, 0.29) is 40.7 Å². The number of epoxide rings is 1. The summed E-state index contributed by atoms with van der Waals surface area (Å²) in [5.74, 6) is 1.79. The highest BCUT2D eigenvalue weighted by Crippen LogP contribution is 2.75. The van der Waals surface area contributed by atoms with Crippen molar-refractivity contribution in [2.45, 2.75) is 77.6 Å². The van der Waals surface area contributed by atoms with E-state index in [2.05, 4.69) is 13.8 Å². The van der Waals surface area contributed by atoms with Gasteiger partial charge in [0.1, 0.15) is 6.10 Å². The third-order valence-corrected chi connectivity index (χ3v) is 10.2. The maximum atomic E-state index is 12.8. The minimum Gasteiger partial charge on any atom is -0.451 e. The van der Waals surface area contributed by atoms with Gasteiger partial charge in [-0.25, -0.2) is 0 Å². The van der Waals surface area contributed by atoms with Crippen LogP contribution in [0.25, 0.3) is 0 Å². The summed E-state index contributed by atoms with van der Waals surface area (Å²) in [4.78, 5) is 37.2. The summed E-state index contributed by atoms with van der Waals surface area (Å²) in [6.45, 7) is 7.57. The van der Waals surface area contributed by atoms with Gasteiger partial charge in [0.15, 0.2) is 17.2 Å². The molecule has 0 bridgehead atoms. The molecule has 0 unspecified atom stereocenters. The second-order valence-corrected chi connectivity index (χ2v) is 11.0. The molecule has 6 aliphatic rings. The van der Waals surface area contributed by atoms with Gasteiger partial charge in [0.2, 0.25) is 0 Å². The molecular weight excluding hydrogens is 368 g/mol. The summed E-state index contributed by atoms with van der Waals surface area (Å²) < 4.78 is 12.1. The number of rotatable bonds is 2. The summed E-state index contributed by atoms with van der Waals surface area (Å²) >= 11 is 0. The number of Topliss-reactive ketones (excluding diaryl/α,β-unsaturated/α-hetero) is 1. The van der Waals surface area contributed by atoms with Crippen LogP contribution in [0.3, 0.4) is 0 Å². The Labute approximate surface area is 171 Å². The van der Waals surface area contributed by atoms with Gasteiger partial charge in [-0.3, -0.25) is 14.4 Å². The van der Waals surface area contributed by atoms with Crippen molar-refractivity contribution in [3.63, 3.8) is 0 Å². The van der Waals surface area contributed by atoms with Crippen LogP contribution in [-0.4, -0.2) is 35.3 Å². The van der Waals surface area contributed by atoms with E-state index in [0.717, 1.165) is 25.7 Å². The predicted molar refractivity (Wildman–Crippen MR) is 104 cm³/mol. The van der Waals surface area contributed by atoms with Crippen LogP contribution >= 0.6 is 0 Å². The van der Waals surface area contributed by atoms with Crippen LogP contribution in [0, 0.1) is 40.4 Å². The quantitative estimate of drug-likeness (QED) is 0.527. The molecule has 0 radical (unpaired) electrons. The van der Waals surface area contributed by atoms with Crippen LogP contribution in [0.4, 0.5) is 0 Å². The molecule has 10 atom stereocenters. The van der Waals surface area contributed by atoms with Gasteiger partial charge in [-0.05, 0) is 79.8 Å². The van der Waals surface area contributed by atoms with Crippen LogP contribution in [0.15, 0.2) is 11.6 Å². The monoisotopic (exact) mass is 398 g/mol. The lowest BCUT2D eigenvalue weighted by Crippen LogP contribution is -2.60. The molecule has 5 aliphatic carbocycles. The zero-order chi connectivity index (χ0) is 20.5. The maximum Gasteiger partial charge on any atom is 0.303 e. The lowest BCUT2D eigenvalue weighted by molar-refractivity contribution is -0.187. The molecule has 0 amide bonds. The van der Waals surface area contributed by atoms with E-state index in [9.17, 15) is 14.4 Å². The number of hydrogen-bond acceptors (Lipinski definition) is 5. The molecule has 5 fully saturated rings. The maximum absolute atomic E-state index is 12.8. The molecule has 156 valence electrons. The Morgan fingerprint density at radius 1 is 1.10 bits per heavy atom. The molecule has 0 aromatic carbocycles. The van der Waals surface area contributed by atoms with Crippen molar-refractivity contribution < 1.29 is 23.9 Å². The van der Waals surface area contributed by atoms with Crippen molar-refractivity contribution in [1.29, 1.82) is 0 Å². The van der Waals surface area contributed by atoms with E-state index < -0.39 is 5.60 Å². The largest absolute Gasteiger partial charge is 0.451 e. The number of hydrogen-bond donors (Lipinski definition) is 0. The van der Waals surface area contributed by atoms with Crippen LogP contribution in [0.5, 0.6) is 0 Å². The third kappa shape index (κ3) is 1.94. The van der Waals surface area contributed by atoms with E-state index in [4.69, 9.17) is 9.47 Å². The van der Waals surface area contributed by atoms with Gasteiger partial charge in [-0.1, -0.05) is 13.8 Å². The number of ketones is 2. The lowest BCUT2D eigenvalue weighted by Gasteiger charge is -2.58. The molecule has 0 aromatic rings. The Balaban J connectivity index is 1.42. The lowest BCUT2D eigenvalue weighted by atomic mass is 9.46. The molecule has 1 heterocycles. The van der Waals surface area contributed by atoms with Crippen molar-refractivity contribution in [3.05, 3.63) is 11.6 Å². The average Bonchev–Trinajstić information content (AvgIpc) is 3.54. The number of carbonyl (C=O) groups excluding carboxylic acids is 3. The Bertz CT molecular complexity index is 890. The van der Waals surface area contributed by atoms with Gasteiger partial charge in [0, 0.05) is 18.3 Å². The third-order valence-electron chi connectivity index (χ3n) is 10.2. The second kappa shape index (κ2) is 5.22. The van der Waals surface area contributed by atoms with E-state index in [1.54, 1.807) is 6.92 Å². The fourth-order valence-corrected chi connectivity index (χ4v) is 8.76. The van der Waals surface area contributed by atoms with Gasteiger partial charge in [0.05, 0.1) is 6.10 Å². The second-order valence-electron chi connectivity index (χ2n) is 11.0. The molecule has 5 heteroatoms. The highest BCUT2D eigenvalue weighted by atomic mass is 16.6. The fourth-order valence-electron chi connectivity index (χ4n) is 8.76. The number of fused-ring (bicyclic) bond motifs is 10. The molecule has 29 heavy (non-hydrogen) atoms. The molecule has 0 aromatic heterocycles. The molecule has 1 saturated heterocycles. The van der Waals surface area contributed by atoms with Gasteiger partial charge < -0.3 is 9.47 Å². The molecule has 1 aliphatic heterocycles.